The molecule has 0 aromatic heterocycles. The average Bonchev–Trinajstić information content (AvgIpc) is 2.32. The minimum absolute atomic E-state index is 0.267. The Labute approximate surface area is 102 Å². The summed E-state index contributed by atoms with van der Waals surface area (Å²) < 4.78 is 10.6. The zero-order valence-corrected chi connectivity index (χ0v) is 10.1. The molecule has 17 heavy (non-hydrogen) atoms. The monoisotopic (exact) mass is 234 g/mol. The van der Waals surface area contributed by atoms with Crippen molar-refractivity contribution < 1.29 is 14.3 Å². The molecular formula is C14H18O3. The molecule has 92 valence electrons. The first-order valence-corrected chi connectivity index (χ1v) is 6.07. The molecule has 1 aliphatic rings. The molecule has 0 radical (unpaired) electrons. The highest BCUT2D eigenvalue weighted by Gasteiger charge is 2.23. The molecule has 1 aromatic carbocycles. The van der Waals surface area contributed by atoms with E-state index in [4.69, 9.17) is 9.47 Å². The van der Waals surface area contributed by atoms with Gasteiger partial charge in [-0.2, -0.15) is 0 Å². The van der Waals surface area contributed by atoms with Crippen LogP contribution in [0.2, 0.25) is 0 Å². The molecule has 0 bridgehead atoms. The maximum Gasteiger partial charge on any atom is 0.304 e. The second kappa shape index (κ2) is 5.82. The number of carbonyl (C=O) groups excluding carboxylic acids is 1. The highest BCUT2D eigenvalue weighted by Crippen LogP contribution is 2.23. The van der Waals surface area contributed by atoms with Crippen LogP contribution in [0.3, 0.4) is 0 Å². The van der Waals surface area contributed by atoms with Gasteiger partial charge in [-0.15, -0.1) is 0 Å². The number of ether oxygens (including phenoxy) is 2. The van der Waals surface area contributed by atoms with Crippen LogP contribution < -0.4 is 0 Å². The summed E-state index contributed by atoms with van der Waals surface area (Å²) in [6, 6.07) is 10.4. The molecule has 0 aliphatic carbocycles. The number of benzene rings is 1. The molecular weight excluding hydrogens is 216 g/mol. The van der Waals surface area contributed by atoms with Gasteiger partial charge in [-0.1, -0.05) is 30.3 Å². The Morgan fingerprint density at radius 3 is 2.71 bits per heavy atom. The molecule has 2 atom stereocenters. The van der Waals surface area contributed by atoms with Crippen molar-refractivity contribution in [2.24, 2.45) is 5.92 Å². The summed E-state index contributed by atoms with van der Waals surface area (Å²) in [7, 11) is 0. The van der Waals surface area contributed by atoms with Crippen molar-refractivity contribution in [3.05, 3.63) is 35.9 Å². The molecule has 1 fully saturated rings. The molecule has 0 spiro atoms. The first-order valence-electron chi connectivity index (χ1n) is 6.07. The molecule has 2 rings (SSSR count). The first-order chi connectivity index (χ1) is 8.24. The van der Waals surface area contributed by atoms with Crippen LogP contribution >= 0.6 is 0 Å². The van der Waals surface area contributed by atoms with Crippen molar-refractivity contribution in [1.29, 1.82) is 0 Å². The summed E-state index contributed by atoms with van der Waals surface area (Å²) in [4.78, 5) is 10.8. The van der Waals surface area contributed by atoms with E-state index in [-0.39, 0.29) is 12.3 Å². The van der Waals surface area contributed by atoms with Crippen molar-refractivity contribution >= 4 is 5.97 Å². The van der Waals surface area contributed by atoms with E-state index in [1.807, 2.05) is 6.07 Å². The van der Waals surface area contributed by atoms with Gasteiger partial charge in [0, 0.05) is 13.3 Å². The Morgan fingerprint density at radius 1 is 1.35 bits per heavy atom. The van der Waals surface area contributed by atoms with Crippen LogP contribution in [-0.4, -0.2) is 18.9 Å². The Balaban J connectivity index is 1.78. The lowest BCUT2D eigenvalue weighted by atomic mass is 9.94. The van der Waals surface area contributed by atoms with E-state index < -0.39 is 0 Å². The SMILES string of the molecule is CC(=O)OC1CC[C@H](Cc2ccccc2)CO1. The van der Waals surface area contributed by atoms with Crippen molar-refractivity contribution in [3.8, 4) is 0 Å². The van der Waals surface area contributed by atoms with E-state index >= 15 is 0 Å². The largest absolute Gasteiger partial charge is 0.436 e. The molecule has 1 aromatic rings. The van der Waals surface area contributed by atoms with Gasteiger partial charge in [-0.25, -0.2) is 0 Å². The summed E-state index contributed by atoms with van der Waals surface area (Å²) in [6.45, 7) is 2.09. The molecule has 0 saturated carbocycles. The van der Waals surface area contributed by atoms with Crippen LogP contribution in [0.25, 0.3) is 0 Å². The van der Waals surface area contributed by atoms with Crippen LogP contribution in [-0.2, 0) is 20.7 Å². The number of hydrogen-bond acceptors (Lipinski definition) is 3. The quantitative estimate of drug-likeness (QED) is 0.754. The molecule has 3 nitrogen and oxygen atoms in total. The molecule has 3 heteroatoms. The van der Waals surface area contributed by atoms with Crippen LogP contribution in [0.4, 0.5) is 0 Å². The fraction of sp³-hybridized carbons (Fsp3) is 0.500. The van der Waals surface area contributed by atoms with E-state index in [2.05, 4.69) is 24.3 Å². The van der Waals surface area contributed by atoms with E-state index in [9.17, 15) is 4.79 Å². The minimum Gasteiger partial charge on any atom is -0.436 e. The highest BCUT2D eigenvalue weighted by molar-refractivity contribution is 5.66. The molecule has 1 saturated heterocycles. The van der Waals surface area contributed by atoms with E-state index in [1.54, 1.807) is 0 Å². The third kappa shape index (κ3) is 3.86. The number of carbonyl (C=O) groups is 1. The van der Waals surface area contributed by atoms with Gasteiger partial charge in [0.1, 0.15) is 0 Å². The lowest BCUT2D eigenvalue weighted by Gasteiger charge is -2.28. The van der Waals surface area contributed by atoms with Crippen molar-refractivity contribution in [2.75, 3.05) is 6.61 Å². The second-order valence-electron chi connectivity index (χ2n) is 4.51. The summed E-state index contributed by atoms with van der Waals surface area (Å²) >= 11 is 0. The van der Waals surface area contributed by atoms with Crippen molar-refractivity contribution in [1.82, 2.24) is 0 Å². The van der Waals surface area contributed by atoms with Crippen LogP contribution in [0.15, 0.2) is 30.3 Å². The van der Waals surface area contributed by atoms with E-state index in [0.717, 1.165) is 19.3 Å². The van der Waals surface area contributed by atoms with Crippen LogP contribution in [0, 0.1) is 5.92 Å². The van der Waals surface area contributed by atoms with Crippen molar-refractivity contribution in [3.63, 3.8) is 0 Å². The smallest absolute Gasteiger partial charge is 0.304 e. The fourth-order valence-corrected chi connectivity index (χ4v) is 2.17. The molecule has 1 unspecified atom stereocenters. The Kier molecular flexibility index (Phi) is 4.15. The topological polar surface area (TPSA) is 35.5 Å². The number of rotatable bonds is 3. The van der Waals surface area contributed by atoms with E-state index in [1.165, 1.54) is 12.5 Å². The summed E-state index contributed by atoms with van der Waals surface area (Å²) in [5.41, 5.74) is 1.34. The summed E-state index contributed by atoms with van der Waals surface area (Å²) in [6.07, 6.45) is 2.55. The highest BCUT2D eigenvalue weighted by atomic mass is 16.7. The number of esters is 1. The second-order valence-corrected chi connectivity index (χ2v) is 4.51. The fourth-order valence-electron chi connectivity index (χ4n) is 2.17. The van der Waals surface area contributed by atoms with Crippen LogP contribution in [0.1, 0.15) is 25.3 Å². The van der Waals surface area contributed by atoms with Gasteiger partial charge in [-0.05, 0) is 24.3 Å². The Hall–Kier alpha value is -1.35. The average molecular weight is 234 g/mol. The first kappa shape index (κ1) is 12.1. The van der Waals surface area contributed by atoms with Gasteiger partial charge in [0.05, 0.1) is 6.61 Å². The lowest BCUT2D eigenvalue weighted by Crippen LogP contribution is -2.30. The molecule has 1 heterocycles. The Morgan fingerprint density at radius 2 is 2.12 bits per heavy atom. The number of hydrogen-bond donors (Lipinski definition) is 0. The zero-order chi connectivity index (χ0) is 12.1. The lowest BCUT2D eigenvalue weighted by molar-refractivity contribution is -0.190. The predicted octanol–water partition coefficient (Wildman–Crippen LogP) is 2.54. The molecule has 0 N–H and O–H groups in total. The van der Waals surface area contributed by atoms with Gasteiger partial charge >= 0.3 is 5.97 Å². The third-order valence-corrected chi connectivity index (χ3v) is 2.99. The maximum absolute atomic E-state index is 10.8. The maximum atomic E-state index is 10.8. The Bertz CT molecular complexity index is 353. The van der Waals surface area contributed by atoms with Gasteiger partial charge < -0.3 is 9.47 Å². The van der Waals surface area contributed by atoms with E-state index in [0.29, 0.717) is 12.5 Å². The minimum atomic E-state index is -0.334. The van der Waals surface area contributed by atoms with Gasteiger partial charge in [0.15, 0.2) is 0 Å². The summed E-state index contributed by atoms with van der Waals surface area (Å²) in [5.74, 6) is 0.265. The van der Waals surface area contributed by atoms with Crippen molar-refractivity contribution in [2.45, 2.75) is 32.5 Å². The van der Waals surface area contributed by atoms with Gasteiger partial charge in [0.2, 0.25) is 6.29 Å². The molecule has 1 aliphatic heterocycles. The van der Waals surface area contributed by atoms with Crippen LogP contribution in [0.5, 0.6) is 0 Å². The normalized spacial score (nSPS) is 24.3. The standard InChI is InChI=1S/C14H18O3/c1-11(15)17-14-8-7-13(10-16-14)9-12-5-3-2-4-6-12/h2-6,13-14H,7-10H2,1H3/t13-,14?/m1/s1. The third-order valence-electron chi connectivity index (χ3n) is 2.99. The zero-order valence-electron chi connectivity index (χ0n) is 10.1. The molecule has 0 amide bonds. The van der Waals surface area contributed by atoms with Gasteiger partial charge in [0.25, 0.3) is 0 Å². The van der Waals surface area contributed by atoms with Gasteiger partial charge in [-0.3, -0.25) is 4.79 Å². The summed E-state index contributed by atoms with van der Waals surface area (Å²) in [5, 5.41) is 0. The predicted molar refractivity (Wildman–Crippen MR) is 64.4 cm³/mol.